The average Bonchev–Trinajstić information content (AvgIpc) is 3.15. The Labute approximate surface area is 162 Å². The lowest BCUT2D eigenvalue weighted by Gasteiger charge is -2.21. The van der Waals surface area contributed by atoms with E-state index in [1.807, 2.05) is 42.5 Å². The van der Waals surface area contributed by atoms with E-state index in [0.717, 1.165) is 34.5 Å². The highest BCUT2D eigenvalue weighted by atomic mass is 16.5. The molecule has 0 bridgehead atoms. The number of amides is 1. The van der Waals surface area contributed by atoms with Crippen LogP contribution in [0.2, 0.25) is 0 Å². The van der Waals surface area contributed by atoms with Gasteiger partial charge in [0.05, 0.1) is 5.71 Å². The molecule has 1 N–H and O–H groups in total. The van der Waals surface area contributed by atoms with Crippen molar-refractivity contribution in [2.45, 2.75) is 19.8 Å². The van der Waals surface area contributed by atoms with E-state index in [1.165, 1.54) is 0 Å². The van der Waals surface area contributed by atoms with Gasteiger partial charge < -0.3 is 9.15 Å². The van der Waals surface area contributed by atoms with Crippen LogP contribution in [0.5, 0.6) is 5.75 Å². The Morgan fingerprint density at radius 1 is 1.25 bits per heavy atom. The molecular weight excluding hydrogens is 354 g/mol. The van der Waals surface area contributed by atoms with Crippen LogP contribution >= 0.6 is 0 Å². The number of nitrogens with zero attached hydrogens (tertiary/aromatic N) is 2. The Hall–Kier alpha value is -3.41. The molecule has 1 aliphatic heterocycles. The van der Waals surface area contributed by atoms with Crippen molar-refractivity contribution in [1.82, 2.24) is 10.4 Å². The van der Waals surface area contributed by atoms with E-state index in [0.29, 0.717) is 24.5 Å². The van der Waals surface area contributed by atoms with Crippen molar-refractivity contribution in [2.75, 3.05) is 6.61 Å². The van der Waals surface area contributed by atoms with E-state index in [9.17, 15) is 4.79 Å². The lowest BCUT2D eigenvalue weighted by Crippen LogP contribution is -2.33. The summed E-state index contributed by atoms with van der Waals surface area (Å²) in [7, 11) is 0. The third-order valence-electron chi connectivity index (χ3n) is 4.77. The van der Waals surface area contributed by atoms with Crippen molar-refractivity contribution in [3.05, 3.63) is 60.7 Å². The third-order valence-corrected chi connectivity index (χ3v) is 4.77. The van der Waals surface area contributed by atoms with Gasteiger partial charge in [0.2, 0.25) is 11.8 Å². The Morgan fingerprint density at radius 3 is 2.79 bits per heavy atom. The van der Waals surface area contributed by atoms with Crippen molar-refractivity contribution in [3.63, 3.8) is 0 Å². The van der Waals surface area contributed by atoms with E-state index in [1.54, 1.807) is 6.08 Å². The smallest absolute Gasteiger partial charge is 0.240 e. The number of hydrogen-bond donors (Lipinski definition) is 1. The van der Waals surface area contributed by atoms with E-state index >= 15 is 0 Å². The number of nitrogens with one attached hydrogen (secondary N) is 1. The first-order valence-corrected chi connectivity index (χ1v) is 9.29. The molecule has 4 rings (SSSR count). The molecule has 0 radical (unpaired) electrons. The monoisotopic (exact) mass is 375 g/mol. The zero-order chi connectivity index (χ0) is 19.5. The molecule has 142 valence electrons. The summed E-state index contributed by atoms with van der Waals surface area (Å²) in [5.74, 6) is 1.38. The molecule has 3 aromatic rings. The molecular formula is C22H21N3O3. The maximum absolute atomic E-state index is 11.6. The molecule has 0 aliphatic carbocycles. The SMILES string of the molecule is C=CCOc1ccc(-c2nc3ccc(C4=NNC(=O)CC4CC)cc3o2)cc1. The Balaban J connectivity index is 1.63. The van der Waals surface area contributed by atoms with Crippen molar-refractivity contribution in [3.8, 4) is 17.2 Å². The molecule has 1 aromatic heterocycles. The Kier molecular flexibility index (Phi) is 4.93. The second kappa shape index (κ2) is 7.68. The molecule has 1 aliphatic rings. The zero-order valence-electron chi connectivity index (χ0n) is 15.6. The molecule has 2 aromatic carbocycles. The quantitative estimate of drug-likeness (QED) is 0.651. The van der Waals surface area contributed by atoms with Gasteiger partial charge in [-0.1, -0.05) is 25.6 Å². The van der Waals surface area contributed by atoms with Gasteiger partial charge in [0.1, 0.15) is 17.9 Å². The highest BCUT2D eigenvalue weighted by Crippen LogP contribution is 2.28. The van der Waals surface area contributed by atoms with Crippen molar-refractivity contribution >= 4 is 22.7 Å². The fraction of sp³-hybridized carbons (Fsp3) is 0.227. The zero-order valence-corrected chi connectivity index (χ0v) is 15.6. The normalized spacial score (nSPS) is 16.5. The number of rotatable bonds is 6. The number of hydrazone groups is 1. The molecule has 6 heteroatoms. The van der Waals surface area contributed by atoms with Crippen molar-refractivity contribution in [2.24, 2.45) is 11.0 Å². The highest BCUT2D eigenvalue weighted by Gasteiger charge is 2.24. The van der Waals surface area contributed by atoms with Gasteiger partial charge in [-0.15, -0.1) is 0 Å². The minimum absolute atomic E-state index is 0.0425. The first-order valence-electron chi connectivity index (χ1n) is 9.29. The molecule has 0 saturated heterocycles. The molecule has 0 spiro atoms. The van der Waals surface area contributed by atoms with Crippen molar-refractivity contribution < 1.29 is 13.9 Å². The van der Waals surface area contributed by atoms with Crippen LogP contribution in [-0.2, 0) is 4.79 Å². The summed E-state index contributed by atoms with van der Waals surface area (Å²) in [5, 5.41) is 4.27. The van der Waals surface area contributed by atoms with Crippen molar-refractivity contribution in [1.29, 1.82) is 0 Å². The van der Waals surface area contributed by atoms with Crippen LogP contribution in [0.1, 0.15) is 25.3 Å². The standard InChI is InChI=1S/C22H21N3O3/c1-3-11-27-17-8-5-15(6-9-17)22-23-18-10-7-16(12-19(18)28-22)21-14(4-2)13-20(26)24-25-21/h3,5-10,12,14H,1,4,11,13H2,2H3,(H,24,26). The molecule has 1 amide bonds. The molecule has 6 nitrogen and oxygen atoms in total. The summed E-state index contributed by atoms with van der Waals surface area (Å²) in [6.45, 7) is 6.17. The maximum atomic E-state index is 11.6. The number of hydrogen-bond acceptors (Lipinski definition) is 5. The van der Waals surface area contributed by atoms with Crippen LogP contribution in [0.25, 0.3) is 22.6 Å². The predicted molar refractivity (Wildman–Crippen MR) is 108 cm³/mol. The van der Waals surface area contributed by atoms with Crippen LogP contribution in [0.4, 0.5) is 0 Å². The highest BCUT2D eigenvalue weighted by molar-refractivity contribution is 6.07. The van der Waals surface area contributed by atoms with E-state index in [-0.39, 0.29) is 11.8 Å². The lowest BCUT2D eigenvalue weighted by atomic mass is 9.90. The number of benzene rings is 2. The van der Waals surface area contributed by atoms with Gasteiger partial charge in [-0.3, -0.25) is 4.79 Å². The average molecular weight is 375 g/mol. The maximum Gasteiger partial charge on any atom is 0.240 e. The van der Waals surface area contributed by atoms with Gasteiger partial charge in [-0.05, 0) is 42.8 Å². The number of oxazole rings is 1. The number of fused-ring (bicyclic) bond motifs is 1. The Bertz CT molecular complexity index is 1050. The lowest BCUT2D eigenvalue weighted by molar-refractivity contribution is -0.122. The number of carbonyl (C=O) groups excluding carboxylic acids is 1. The van der Waals surface area contributed by atoms with Crippen LogP contribution < -0.4 is 10.2 Å². The first-order chi connectivity index (χ1) is 13.7. The van der Waals surface area contributed by atoms with E-state index in [2.05, 4.69) is 29.0 Å². The second-order valence-electron chi connectivity index (χ2n) is 6.67. The van der Waals surface area contributed by atoms with Gasteiger partial charge in [-0.25, -0.2) is 10.4 Å². The third kappa shape index (κ3) is 3.53. The first kappa shape index (κ1) is 18.0. The van der Waals surface area contributed by atoms with E-state index in [4.69, 9.17) is 9.15 Å². The second-order valence-corrected chi connectivity index (χ2v) is 6.67. The van der Waals surface area contributed by atoms with Crippen LogP contribution in [-0.4, -0.2) is 23.2 Å². The largest absolute Gasteiger partial charge is 0.490 e. The molecule has 0 saturated carbocycles. The number of aromatic nitrogens is 1. The molecule has 1 atom stereocenters. The summed E-state index contributed by atoms with van der Waals surface area (Å²) in [6, 6.07) is 13.4. The summed E-state index contributed by atoms with van der Waals surface area (Å²) < 4.78 is 11.5. The van der Waals surface area contributed by atoms with Gasteiger partial charge in [-0.2, -0.15) is 5.10 Å². The van der Waals surface area contributed by atoms with Crippen LogP contribution in [0.15, 0.2) is 64.6 Å². The number of ether oxygens (including phenoxy) is 1. The van der Waals surface area contributed by atoms with Gasteiger partial charge in [0, 0.05) is 23.5 Å². The van der Waals surface area contributed by atoms with Crippen LogP contribution in [0, 0.1) is 5.92 Å². The number of carbonyl (C=O) groups is 1. The Morgan fingerprint density at radius 2 is 2.04 bits per heavy atom. The summed E-state index contributed by atoms with van der Waals surface area (Å²) in [6.07, 6.45) is 3.01. The van der Waals surface area contributed by atoms with Gasteiger partial charge in [0.15, 0.2) is 5.58 Å². The molecule has 0 fully saturated rings. The minimum Gasteiger partial charge on any atom is -0.490 e. The topological polar surface area (TPSA) is 76.7 Å². The predicted octanol–water partition coefficient (Wildman–Crippen LogP) is 4.31. The summed E-state index contributed by atoms with van der Waals surface area (Å²) >= 11 is 0. The molecule has 28 heavy (non-hydrogen) atoms. The summed E-state index contributed by atoms with van der Waals surface area (Å²) in [4.78, 5) is 16.2. The summed E-state index contributed by atoms with van der Waals surface area (Å²) in [5.41, 5.74) is 6.74. The minimum atomic E-state index is -0.0425. The van der Waals surface area contributed by atoms with Crippen LogP contribution in [0.3, 0.4) is 0 Å². The molecule has 2 heterocycles. The van der Waals surface area contributed by atoms with Gasteiger partial charge >= 0.3 is 0 Å². The van der Waals surface area contributed by atoms with E-state index < -0.39 is 0 Å². The van der Waals surface area contributed by atoms with Gasteiger partial charge in [0.25, 0.3) is 0 Å². The fourth-order valence-electron chi connectivity index (χ4n) is 3.27. The fourth-order valence-corrected chi connectivity index (χ4v) is 3.27. The molecule has 1 unspecified atom stereocenters.